The highest BCUT2D eigenvalue weighted by molar-refractivity contribution is 7.09. The first-order chi connectivity index (χ1) is 9.97. The Labute approximate surface area is 138 Å². The van der Waals surface area contributed by atoms with Crippen LogP contribution in [0.25, 0.3) is 0 Å². The monoisotopic (exact) mass is 342 g/mol. The molecule has 3 nitrogen and oxygen atoms in total. The van der Waals surface area contributed by atoms with Crippen LogP contribution in [0.3, 0.4) is 0 Å². The lowest BCUT2D eigenvalue weighted by molar-refractivity contribution is -0.120. The van der Waals surface area contributed by atoms with E-state index in [4.69, 9.17) is 23.2 Å². The van der Waals surface area contributed by atoms with E-state index in [1.807, 2.05) is 30.3 Å². The van der Waals surface area contributed by atoms with Crippen LogP contribution in [0.15, 0.2) is 35.7 Å². The van der Waals surface area contributed by atoms with Gasteiger partial charge in [-0.2, -0.15) is 0 Å². The van der Waals surface area contributed by atoms with Gasteiger partial charge < -0.3 is 5.32 Å². The summed E-state index contributed by atoms with van der Waals surface area (Å²) >= 11 is 13.6. The minimum Gasteiger partial charge on any atom is -0.323 e. The summed E-state index contributed by atoms with van der Waals surface area (Å²) < 4.78 is 0. The minimum absolute atomic E-state index is 0.0988. The molecule has 0 saturated carbocycles. The Morgan fingerprint density at radius 3 is 2.76 bits per heavy atom. The van der Waals surface area contributed by atoms with Crippen LogP contribution in [0.1, 0.15) is 11.8 Å². The standard InChI is InChI=1S/C15H16Cl2N2OS/c1-10(19(2)9-12-4-3-7-21-12)15(20)18-14-6-5-11(16)8-13(14)17/h3-8,10H,9H2,1-2H3,(H,18,20)/t10-/m1/s1. The number of rotatable bonds is 5. The largest absolute Gasteiger partial charge is 0.323 e. The van der Waals surface area contributed by atoms with E-state index in [1.165, 1.54) is 4.88 Å². The number of hydrogen-bond acceptors (Lipinski definition) is 3. The molecular formula is C15H16Cl2N2OS. The molecule has 21 heavy (non-hydrogen) atoms. The summed E-state index contributed by atoms with van der Waals surface area (Å²) in [5.41, 5.74) is 0.572. The highest BCUT2D eigenvalue weighted by Crippen LogP contribution is 2.25. The van der Waals surface area contributed by atoms with Crippen LogP contribution in [0.5, 0.6) is 0 Å². The van der Waals surface area contributed by atoms with Crippen molar-refractivity contribution in [3.8, 4) is 0 Å². The number of halogens is 2. The lowest BCUT2D eigenvalue weighted by Crippen LogP contribution is -2.39. The van der Waals surface area contributed by atoms with Gasteiger partial charge in [0, 0.05) is 16.4 Å². The minimum atomic E-state index is -0.265. The van der Waals surface area contributed by atoms with Crippen LogP contribution in [-0.2, 0) is 11.3 Å². The number of carbonyl (C=O) groups is 1. The van der Waals surface area contributed by atoms with Gasteiger partial charge in [-0.3, -0.25) is 9.69 Å². The molecule has 1 N–H and O–H groups in total. The molecule has 2 rings (SSSR count). The van der Waals surface area contributed by atoms with Gasteiger partial charge in [0.1, 0.15) is 0 Å². The van der Waals surface area contributed by atoms with Gasteiger partial charge in [0.2, 0.25) is 5.91 Å². The molecule has 1 atom stereocenters. The number of nitrogens with zero attached hydrogens (tertiary/aromatic N) is 1. The van der Waals surface area contributed by atoms with Crippen molar-refractivity contribution in [2.24, 2.45) is 0 Å². The Morgan fingerprint density at radius 1 is 1.38 bits per heavy atom. The van der Waals surface area contributed by atoms with Crippen molar-refractivity contribution in [1.29, 1.82) is 0 Å². The topological polar surface area (TPSA) is 32.3 Å². The fourth-order valence-electron chi connectivity index (χ4n) is 1.81. The van der Waals surface area contributed by atoms with E-state index in [-0.39, 0.29) is 11.9 Å². The van der Waals surface area contributed by atoms with E-state index < -0.39 is 0 Å². The molecule has 0 unspecified atom stereocenters. The first-order valence-electron chi connectivity index (χ1n) is 6.46. The van der Waals surface area contributed by atoms with E-state index in [2.05, 4.69) is 11.4 Å². The third-order valence-electron chi connectivity index (χ3n) is 3.21. The lowest BCUT2D eigenvalue weighted by atomic mass is 10.2. The number of nitrogens with one attached hydrogen (secondary N) is 1. The van der Waals surface area contributed by atoms with Crippen molar-refractivity contribution in [2.45, 2.75) is 19.5 Å². The molecule has 0 bridgehead atoms. The summed E-state index contributed by atoms with van der Waals surface area (Å²) in [6, 6.07) is 8.81. The Kier molecular flexibility index (Phi) is 5.65. The van der Waals surface area contributed by atoms with E-state index in [0.717, 1.165) is 6.54 Å². The van der Waals surface area contributed by atoms with Gasteiger partial charge in [-0.1, -0.05) is 29.3 Å². The number of likely N-dealkylation sites (N-methyl/N-ethyl adjacent to an activating group) is 1. The Morgan fingerprint density at radius 2 is 2.14 bits per heavy atom. The maximum Gasteiger partial charge on any atom is 0.241 e. The first kappa shape index (κ1) is 16.3. The highest BCUT2D eigenvalue weighted by Gasteiger charge is 2.19. The molecule has 112 valence electrons. The number of thiophene rings is 1. The predicted molar refractivity (Wildman–Crippen MR) is 90.3 cm³/mol. The van der Waals surface area contributed by atoms with Gasteiger partial charge in [0.25, 0.3) is 0 Å². The molecule has 0 aliphatic rings. The highest BCUT2D eigenvalue weighted by atomic mass is 35.5. The van der Waals surface area contributed by atoms with Crippen LogP contribution >= 0.6 is 34.5 Å². The molecular weight excluding hydrogens is 327 g/mol. The zero-order valence-corrected chi connectivity index (χ0v) is 14.1. The molecule has 6 heteroatoms. The second-order valence-corrected chi connectivity index (χ2v) is 6.66. The second kappa shape index (κ2) is 7.27. The number of benzene rings is 1. The van der Waals surface area contributed by atoms with Gasteiger partial charge in [-0.05, 0) is 43.6 Å². The van der Waals surface area contributed by atoms with Crippen molar-refractivity contribution < 1.29 is 4.79 Å². The molecule has 1 aromatic carbocycles. The zero-order valence-electron chi connectivity index (χ0n) is 11.8. The summed E-state index contributed by atoms with van der Waals surface area (Å²) in [4.78, 5) is 15.5. The first-order valence-corrected chi connectivity index (χ1v) is 8.09. The SMILES string of the molecule is C[C@H](C(=O)Nc1ccc(Cl)cc1Cl)N(C)Cc1cccs1. The fraction of sp³-hybridized carbons (Fsp3) is 0.267. The zero-order chi connectivity index (χ0) is 15.4. The van der Waals surface area contributed by atoms with Gasteiger partial charge in [0.05, 0.1) is 16.8 Å². The molecule has 0 radical (unpaired) electrons. The molecule has 0 aliphatic heterocycles. The average molecular weight is 343 g/mol. The van der Waals surface area contributed by atoms with Crippen molar-refractivity contribution in [2.75, 3.05) is 12.4 Å². The van der Waals surface area contributed by atoms with E-state index in [1.54, 1.807) is 29.5 Å². The van der Waals surface area contributed by atoms with Crippen molar-refractivity contribution in [3.05, 3.63) is 50.6 Å². The number of anilines is 1. The molecule has 0 fully saturated rings. The van der Waals surface area contributed by atoms with Gasteiger partial charge in [-0.15, -0.1) is 11.3 Å². The predicted octanol–water partition coefficient (Wildman–Crippen LogP) is 4.51. The van der Waals surface area contributed by atoms with Crippen LogP contribution in [0.2, 0.25) is 10.0 Å². The summed E-state index contributed by atoms with van der Waals surface area (Å²) in [6.07, 6.45) is 0. The summed E-state index contributed by atoms with van der Waals surface area (Å²) in [7, 11) is 1.92. The smallest absolute Gasteiger partial charge is 0.241 e. The summed E-state index contributed by atoms with van der Waals surface area (Å²) in [5.74, 6) is -0.0988. The maximum absolute atomic E-state index is 12.3. The van der Waals surface area contributed by atoms with E-state index >= 15 is 0 Å². The second-order valence-electron chi connectivity index (χ2n) is 4.78. The molecule has 0 saturated heterocycles. The lowest BCUT2D eigenvalue weighted by Gasteiger charge is -2.23. The molecule has 0 aliphatic carbocycles. The number of amides is 1. The Bertz CT molecular complexity index is 616. The molecule has 1 aromatic heterocycles. The Hall–Kier alpha value is -1.07. The summed E-state index contributed by atoms with van der Waals surface area (Å²) in [5, 5.41) is 5.84. The third kappa shape index (κ3) is 4.45. The average Bonchev–Trinajstić information content (AvgIpc) is 2.93. The van der Waals surface area contributed by atoms with Crippen LogP contribution < -0.4 is 5.32 Å². The van der Waals surface area contributed by atoms with Gasteiger partial charge in [0.15, 0.2) is 0 Å². The van der Waals surface area contributed by atoms with Gasteiger partial charge in [-0.25, -0.2) is 0 Å². The van der Waals surface area contributed by atoms with Crippen LogP contribution in [0, 0.1) is 0 Å². The fourth-order valence-corrected chi connectivity index (χ4v) is 3.04. The van der Waals surface area contributed by atoms with E-state index in [0.29, 0.717) is 15.7 Å². The molecule has 1 amide bonds. The number of carbonyl (C=O) groups excluding carboxylic acids is 1. The van der Waals surface area contributed by atoms with Crippen molar-refractivity contribution in [3.63, 3.8) is 0 Å². The van der Waals surface area contributed by atoms with Crippen LogP contribution in [-0.4, -0.2) is 23.9 Å². The third-order valence-corrected chi connectivity index (χ3v) is 4.62. The van der Waals surface area contributed by atoms with E-state index in [9.17, 15) is 4.79 Å². The normalized spacial score (nSPS) is 12.4. The number of hydrogen-bond donors (Lipinski definition) is 1. The summed E-state index contributed by atoms with van der Waals surface area (Å²) in [6.45, 7) is 2.60. The van der Waals surface area contributed by atoms with Crippen LogP contribution in [0.4, 0.5) is 5.69 Å². The molecule has 2 aromatic rings. The molecule has 1 heterocycles. The van der Waals surface area contributed by atoms with Gasteiger partial charge >= 0.3 is 0 Å². The Balaban J connectivity index is 1.98. The van der Waals surface area contributed by atoms with Crippen molar-refractivity contribution >= 4 is 46.1 Å². The quantitative estimate of drug-likeness (QED) is 0.866. The molecule has 0 spiro atoms. The van der Waals surface area contributed by atoms with Crippen molar-refractivity contribution in [1.82, 2.24) is 4.90 Å². The maximum atomic E-state index is 12.3.